The molecule has 0 aromatic carbocycles. The van der Waals surface area contributed by atoms with Crippen LogP contribution in [0.15, 0.2) is 16.8 Å². The van der Waals surface area contributed by atoms with E-state index in [0.29, 0.717) is 19.4 Å². The number of alkyl halides is 2. The highest BCUT2D eigenvalue weighted by Gasteiger charge is 2.50. The van der Waals surface area contributed by atoms with E-state index in [1.807, 2.05) is 5.38 Å². The van der Waals surface area contributed by atoms with Gasteiger partial charge in [-0.25, -0.2) is 8.78 Å². The molecule has 1 saturated carbocycles. The number of nitrogens with one attached hydrogen (secondary N) is 1. The Morgan fingerprint density at radius 1 is 1.28 bits per heavy atom. The summed E-state index contributed by atoms with van der Waals surface area (Å²) in [6, 6.07) is 2.12. The standard InChI is InChI=1S/C13H17F2NOS/c14-13(15)4-2-12(3-5-13)11(16-6-7-17-12)10-1-8-18-9-10/h1,8-9,11,16H,2-7H2. The molecule has 1 unspecified atom stereocenters. The van der Waals surface area contributed by atoms with E-state index in [0.717, 1.165) is 6.54 Å². The summed E-state index contributed by atoms with van der Waals surface area (Å²) in [5, 5.41) is 7.55. The van der Waals surface area contributed by atoms with Crippen molar-refractivity contribution in [2.75, 3.05) is 13.2 Å². The number of ether oxygens (including phenoxy) is 1. The Hall–Kier alpha value is -0.520. The minimum Gasteiger partial charge on any atom is -0.372 e. The number of hydrogen-bond donors (Lipinski definition) is 1. The largest absolute Gasteiger partial charge is 0.372 e. The molecule has 3 rings (SSSR count). The second-order valence-electron chi connectivity index (χ2n) is 5.21. The van der Waals surface area contributed by atoms with Gasteiger partial charge < -0.3 is 10.1 Å². The highest BCUT2D eigenvalue weighted by molar-refractivity contribution is 7.07. The molecule has 0 amide bonds. The van der Waals surface area contributed by atoms with E-state index in [1.54, 1.807) is 11.3 Å². The highest BCUT2D eigenvalue weighted by Crippen LogP contribution is 2.47. The van der Waals surface area contributed by atoms with Crippen molar-refractivity contribution in [2.45, 2.75) is 43.2 Å². The first-order valence-corrected chi connectivity index (χ1v) is 7.33. The first-order valence-electron chi connectivity index (χ1n) is 6.39. The van der Waals surface area contributed by atoms with Gasteiger partial charge in [-0.05, 0) is 35.2 Å². The predicted octanol–water partition coefficient (Wildman–Crippen LogP) is 3.36. The van der Waals surface area contributed by atoms with Gasteiger partial charge in [0.2, 0.25) is 5.92 Å². The molecule has 2 aliphatic rings. The second kappa shape index (κ2) is 4.54. The zero-order chi connectivity index (χ0) is 12.6. The van der Waals surface area contributed by atoms with Gasteiger partial charge in [0.05, 0.1) is 18.2 Å². The van der Waals surface area contributed by atoms with Gasteiger partial charge in [0.15, 0.2) is 0 Å². The Morgan fingerprint density at radius 3 is 2.72 bits per heavy atom. The van der Waals surface area contributed by atoms with Crippen LogP contribution in [0.1, 0.15) is 37.3 Å². The van der Waals surface area contributed by atoms with Crippen molar-refractivity contribution in [1.82, 2.24) is 5.32 Å². The van der Waals surface area contributed by atoms with Crippen molar-refractivity contribution in [3.8, 4) is 0 Å². The first-order chi connectivity index (χ1) is 8.61. The fourth-order valence-corrected chi connectivity index (χ4v) is 3.75. The van der Waals surface area contributed by atoms with Gasteiger partial charge in [-0.15, -0.1) is 0 Å². The smallest absolute Gasteiger partial charge is 0.248 e. The summed E-state index contributed by atoms with van der Waals surface area (Å²) in [6.45, 7) is 1.41. The average Bonchev–Trinajstić information content (AvgIpc) is 2.88. The molecule has 2 nitrogen and oxygen atoms in total. The maximum Gasteiger partial charge on any atom is 0.248 e. The molecule has 18 heavy (non-hydrogen) atoms. The molecule has 1 N–H and O–H groups in total. The van der Waals surface area contributed by atoms with Crippen LogP contribution in [0.4, 0.5) is 8.78 Å². The summed E-state index contributed by atoms with van der Waals surface area (Å²) < 4.78 is 32.6. The van der Waals surface area contributed by atoms with Crippen LogP contribution in [0.25, 0.3) is 0 Å². The SMILES string of the molecule is FC1(F)CCC2(CC1)OCCNC2c1ccsc1. The van der Waals surface area contributed by atoms with Crippen molar-refractivity contribution in [3.05, 3.63) is 22.4 Å². The lowest BCUT2D eigenvalue weighted by Gasteiger charge is -2.48. The van der Waals surface area contributed by atoms with Crippen molar-refractivity contribution in [1.29, 1.82) is 0 Å². The van der Waals surface area contributed by atoms with Crippen LogP contribution in [0.3, 0.4) is 0 Å². The van der Waals surface area contributed by atoms with Crippen molar-refractivity contribution < 1.29 is 13.5 Å². The third-order valence-electron chi connectivity index (χ3n) is 4.07. The van der Waals surface area contributed by atoms with Crippen molar-refractivity contribution in [3.63, 3.8) is 0 Å². The molecule has 0 bridgehead atoms. The van der Waals surface area contributed by atoms with Crippen LogP contribution in [0.5, 0.6) is 0 Å². The third kappa shape index (κ3) is 2.19. The minimum atomic E-state index is -2.51. The average molecular weight is 273 g/mol. The molecule has 5 heteroatoms. The maximum atomic E-state index is 13.3. The monoisotopic (exact) mass is 273 g/mol. The van der Waals surface area contributed by atoms with E-state index in [2.05, 4.69) is 16.8 Å². The van der Waals surface area contributed by atoms with Gasteiger partial charge in [-0.3, -0.25) is 0 Å². The lowest BCUT2D eigenvalue weighted by Crippen LogP contribution is -2.55. The van der Waals surface area contributed by atoms with Crippen LogP contribution in [0, 0.1) is 0 Å². The van der Waals surface area contributed by atoms with E-state index in [-0.39, 0.29) is 18.9 Å². The first kappa shape index (κ1) is 12.5. The zero-order valence-corrected chi connectivity index (χ0v) is 10.9. The molecule has 1 aromatic heterocycles. The predicted molar refractivity (Wildman–Crippen MR) is 67.2 cm³/mol. The quantitative estimate of drug-likeness (QED) is 0.847. The number of halogens is 2. The maximum absolute atomic E-state index is 13.3. The summed E-state index contributed by atoms with van der Waals surface area (Å²) >= 11 is 1.64. The van der Waals surface area contributed by atoms with Crippen molar-refractivity contribution >= 4 is 11.3 Å². The molecule has 2 heterocycles. The summed E-state index contributed by atoms with van der Waals surface area (Å²) in [5.41, 5.74) is 0.742. The summed E-state index contributed by atoms with van der Waals surface area (Å²) in [6.07, 6.45) is 0.756. The van der Waals surface area contributed by atoms with Crippen LogP contribution in [0.2, 0.25) is 0 Å². The molecule has 1 atom stereocenters. The number of morpholine rings is 1. The van der Waals surface area contributed by atoms with Crippen LogP contribution in [-0.4, -0.2) is 24.7 Å². The Morgan fingerprint density at radius 2 is 2.06 bits per heavy atom. The number of thiophene rings is 1. The molecule has 1 aliphatic carbocycles. The van der Waals surface area contributed by atoms with Crippen LogP contribution in [-0.2, 0) is 4.74 Å². The lowest BCUT2D eigenvalue weighted by atomic mass is 9.75. The fraction of sp³-hybridized carbons (Fsp3) is 0.692. The van der Waals surface area contributed by atoms with Crippen LogP contribution >= 0.6 is 11.3 Å². The minimum absolute atomic E-state index is 0.0602. The van der Waals surface area contributed by atoms with Crippen molar-refractivity contribution in [2.24, 2.45) is 0 Å². The molecule has 100 valence electrons. The Labute approximate surface area is 109 Å². The second-order valence-corrected chi connectivity index (χ2v) is 5.99. The van der Waals surface area contributed by atoms with E-state index in [1.165, 1.54) is 5.56 Å². The Balaban J connectivity index is 1.84. The zero-order valence-electron chi connectivity index (χ0n) is 10.1. The molecule has 1 spiro atoms. The van der Waals surface area contributed by atoms with Crippen LogP contribution < -0.4 is 5.32 Å². The third-order valence-corrected chi connectivity index (χ3v) is 4.77. The Kier molecular flexibility index (Phi) is 3.16. The van der Waals surface area contributed by atoms with Gasteiger partial charge >= 0.3 is 0 Å². The van der Waals surface area contributed by atoms with Gasteiger partial charge in [0.1, 0.15) is 0 Å². The Bertz CT molecular complexity index is 397. The van der Waals surface area contributed by atoms with Gasteiger partial charge in [0.25, 0.3) is 0 Å². The van der Waals surface area contributed by atoms with E-state index in [4.69, 9.17) is 4.74 Å². The molecular weight excluding hydrogens is 256 g/mol. The molecule has 1 aromatic rings. The highest BCUT2D eigenvalue weighted by atomic mass is 32.1. The van der Waals surface area contributed by atoms with E-state index >= 15 is 0 Å². The summed E-state index contributed by atoms with van der Waals surface area (Å²) in [5.74, 6) is -2.51. The molecule has 1 aliphatic heterocycles. The van der Waals surface area contributed by atoms with Gasteiger partial charge in [0, 0.05) is 19.4 Å². The summed E-state index contributed by atoms with van der Waals surface area (Å²) in [4.78, 5) is 0. The summed E-state index contributed by atoms with van der Waals surface area (Å²) in [7, 11) is 0. The molecular formula is C13H17F2NOS. The lowest BCUT2D eigenvalue weighted by molar-refractivity contribution is -0.162. The number of rotatable bonds is 1. The van der Waals surface area contributed by atoms with Gasteiger partial charge in [-0.1, -0.05) is 0 Å². The number of hydrogen-bond acceptors (Lipinski definition) is 3. The normalized spacial score (nSPS) is 30.4. The molecule has 2 fully saturated rings. The topological polar surface area (TPSA) is 21.3 Å². The molecule has 0 radical (unpaired) electrons. The molecule has 1 saturated heterocycles. The fourth-order valence-electron chi connectivity index (χ4n) is 3.06. The van der Waals surface area contributed by atoms with E-state index in [9.17, 15) is 8.78 Å². The van der Waals surface area contributed by atoms with E-state index < -0.39 is 11.5 Å². The van der Waals surface area contributed by atoms with Gasteiger partial charge in [-0.2, -0.15) is 11.3 Å².